The van der Waals surface area contributed by atoms with Gasteiger partial charge in [0.15, 0.2) is 0 Å². The molecule has 0 aliphatic rings. The van der Waals surface area contributed by atoms with E-state index in [0.29, 0.717) is 178 Å². The molecule has 0 atom stereocenters. The van der Waals surface area contributed by atoms with Gasteiger partial charge in [-0.15, -0.1) is 0 Å². The molecule has 0 amide bonds. The summed E-state index contributed by atoms with van der Waals surface area (Å²) in [5.41, 5.74) is 0. The maximum Gasteiger partial charge on any atom is 0.334 e. The summed E-state index contributed by atoms with van der Waals surface area (Å²) in [6.45, 7) is 28.5. The minimum atomic E-state index is -2.04. The van der Waals surface area contributed by atoms with E-state index >= 15 is 0 Å². The topological polar surface area (TPSA) is 148 Å². The predicted molar refractivity (Wildman–Crippen MR) is 256 cm³/mol. The summed E-state index contributed by atoms with van der Waals surface area (Å²) < 4.78 is 87.2. The summed E-state index contributed by atoms with van der Waals surface area (Å²) in [5.74, 6) is 0. The van der Waals surface area contributed by atoms with E-state index in [1.54, 1.807) is 14.2 Å². The largest absolute Gasteiger partial charge is 0.395 e. The van der Waals surface area contributed by atoms with E-state index in [0.717, 1.165) is 19.1 Å². The maximum atomic E-state index is 5.84. The van der Waals surface area contributed by atoms with Gasteiger partial charge in [0, 0.05) is 40.6 Å². The molecule has 0 radical (unpaired) electrons. The molecule has 0 saturated heterocycles. The Morgan fingerprint density at radius 2 is 0.484 bits per heavy atom. The van der Waals surface area contributed by atoms with Crippen LogP contribution in [-0.4, -0.2) is 208 Å². The number of rotatable bonds is 53. The van der Waals surface area contributed by atoms with E-state index in [2.05, 4.69) is 27.3 Å². The smallest absolute Gasteiger partial charge is 0.334 e. The summed E-state index contributed by atoms with van der Waals surface area (Å²) in [6.07, 6.45) is 13.1. The molecule has 0 aliphatic heterocycles. The minimum absolute atomic E-state index is 0.509. The van der Waals surface area contributed by atoms with Crippen LogP contribution >= 0.6 is 0 Å². The van der Waals surface area contributed by atoms with Gasteiger partial charge in [0.1, 0.15) is 0 Å². The van der Waals surface area contributed by atoms with Crippen molar-refractivity contribution in [3.8, 4) is 0 Å². The zero-order chi connectivity index (χ0) is 47.4. The van der Waals surface area contributed by atoms with E-state index in [9.17, 15) is 0 Å². The van der Waals surface area contributed by atoms with Crippen molar-refractivity contribution in [2.75, 3.05) is 199 Å². The summed E-state index contributed by atoms with van der Waals surface area (Å²) in [4.78, 5) is 0. The summed E-state index contributed by atoms with van der Waals surface area (Å²) in [6, 6.07) is 0.934. The molecule has 0 rings (SSSR count). The van der Waals surface area contributed by atoms with Crippen molar-refractivity contribution in [3.05, 3.63) is 0 Å². The van der Waals surface area contributed by atoms with Crippen LogP contribution in [0, 0.1) is 0 Å². The SMILES string of the molecule is CCCCCCC.CCCCCCOC.CCO[Si](C)(CCCOCCOCCOCCOCCOCCOCCOCCOCCOCCOCCOCCOCCOC)OCC. The fourth-order valence-corrected chi connectivity index (χ4v) is 7.69. The third-order valence-electron chi connectivity index (χ3n) is 8.75. The van der Waals surface area contributed by atoms with Gasteiger partial charge in [-0.05, 0) is 39.3 Å². The van der Waals surface area contributed by atoms with Crippen molar-refractivity contribution in [2.45, 2.75) is 111 Å². The number of hydrogen-bond acceptors (Lipinski definition) is 16. The minimum Gasteiger partial charge on any atom is -0.395 e. The Kier molecular flexibility index (Phi) is 68.5. The van der Waals surface area contributed by atoms with Gasteiger partial charge in [0.2, 0.25) is 0 Å². The van der Waals surface area contributed by atoms with Crippen LogP contribution < -0.4 is 0 Å². The van der Waals surface area contributed by atoms with Gasteiger partial charge in [-0.25, -0.2) is 0 Å². The molecular weight excluding hydrogens is 849 g/mol. The van der Waals surface area contributed by atoms with Crippen LogP contribution in [0.1, 0.15) is 98.8 Å². The molecule has 0 aromatic carbocycles. The zero-order valence-corrected chi connectivity index (χ0v) is 43.6. The second kappa shape index (κ2) is 64.7. The first-order valence-corrected chi connectivity index (χ1v) is 27.2. The first kappa shape index (κ1) is 67.8. The van der Waals surface area contributed by atoms with Gasteiger partial charge < -0.3 is 75.2 Å². The molecule has 0 aromatic rings. The van der Waals surface area contributed by atoms with Gasteiger partial charge in [-0.3, -0.25) is 0 Å². The molecule has 0 unspecified atom stereocenters. The van der Waals surface area contributed by atoms with Crippen molar-refractivity contribution in [2.24, 2.45) is 0 Å². The van der Waals surface area contributed by atoms with Crippen LogP contribution in [0.4, 0.5) is 0 Å². The van der Waals surface area contributed by atoms with Crippen LogP contribution in [0.3, 0.4) is 0 Å². The van der Waals surface area contributed by atoms with Crippen LogP contribution in [-0.2, 0) is 75.2 Å². The normalized spacial score (nSPS) is 11.4. The maximum absolute atomic E-state index is 5.84. The third kappa shape index (κ3) is 65.9. The van der Waals surface area contributed by atoms with E-state index in [-0.39, 0.29) is 0 Å². The molecule has 0 bridgehead atoms. The fraction of sp³-hybridized carbons (Fsp3) is 1.00. The number of methoxy groups -OCH3 is 2. The Morgan fingerprint density at radius 1 is 0.250 bits per heavy atom. The fourth-order valence-electron chi connectivity index (χ4n) is 5.31. The lowest BCUT2D eigenvalue weighted by molar-refractivity contribution is -0.0287. The Labute approximate surface area is 393 Å². The first-order chi connectivity index (χ1) is 31.5. The van der Waals surface area contributed by atoms with Crippen LogP contribution in [0.5, 0.6) is 0 Å². The molecule has 0 aromatic heterocycles. The summed E-state index contributed by atoms with van der Waals surface area (Å²) in [5, 5.41) is 0. The molecule has 64 heavy (non-hydrogen) atoms. The predicted octanol–water partition coefficient (Wildman–Crippen LogP) is 7.56. The standard InChI is InChI=1S/C33H70O15Si.C7H16O.C7H16/c1-5-47-49(4,48-6-2)33-7-8-35-11-12-37-15-16-39-19-20-41-23-24-43-27-28-45-31-32-46-30-29-44-26-25-42-22-21-40-18-17-38-14-13-36-10-9-34-3;1-3-4-5-6-7-8-2;1-3-5-7-6-4-2/h5-33H2,1-4H3;3-7H2,1-2H3;3-7H2,1-2H3. The monoisotopic (exact) mass is 951 g/mol. The van der Waals surface area contributed by atoms with Crippen molar-refractivity contribution in [1.29, 1.82) is 0 Å². The Bertz CT molecular complexity index is 764. The Hall–Kier alpha value is -0.423. The Balaban J connectivity index is -0.00000209. The van der Waals surface area contributed by atoms with E-state index in [1.165, 1.54) is 57.8 Å². The third-order valence-corrected chi connectivity index (χ3v) is 11.8. The lowest BCUT2D eigenvalue weighted by Gasteiger charge is -2.25. The molecule has 17 heteroatoms. The van der Waals surface area contributed by atoms with E-state index < -0.39 is 8.56 Å². The van der Waals surface area contributed by atoms with E-state index in [1.807, 2.05) is 13.8 Å². The molecule has 0 aliphatic carbocycles. The van der Waals surface area contributed by atoms with Crippen molar-refractivity contribution < 1.29 is 75.2 Å². The van der Waals surface area contributed by atoms with Crippen LogP contribution in [0.25, 0.3) is 0 Å². The van der Waals surface area contributed by atoms with Crippen molar-refractivity contribution in [3.63, 3.8) is 0 Å². The number of hydrogen-bond donors (Lipinski definition) is 0. The summed E-state index contributed by atoms with van der Waals surface area (Å²) >= 11 is 0. The average molecular weight is 951 g/mol. The molecule has 390 valence electrons. The van der Waals surface area contributed by atoms with Gasteiger partial charge in [0.25, 0.3) is 0 Å². The lowest BCUT2D eigenvalue weighted by atomic mass is 10.2. The lowest BCUT2D eigenvalue weighted by Crippen LogP contribution is -2.38. The van der Waals surface area contributed by atoms with Crippen LogP contribution in [0.15, 0.2) is 0 Å². The van der Waals surface area contributed by atoms with Gasteiger partial charge in [0.05, 0.1) is 159 Å². The van der Waals surface area contributed by atoms with Gasteiger partial charge >= 0.3 is 8.56 Å². The van der Waals surface area contributed by atoms with Crippen LogP contribution in [0.2, 0.25) is 12.6 Å². The van der Waals surface area contributed by atoms with Gasteiger partial charge in [-0.2, -0.15) is 0 Å². The second-order valence-electron chi connectivity index (χ2n) is 14.6. The quantitative estimate of drug-likeness (QED) is 0.0436. The molecule has 0 spiro atoms. The number of ether oxygens (including phenoxy) is 14. The molecule has 0 N–H and O–H groups in total. The highest BCUT2D eigenvalue weighted by Gasteiger charge is 2.29. The molecule has 0 fully saturated rings. The average Bonchev–Trinajstić information content (AvgIpc) is 3.29. The second-order valence-corrected chi connectivity index (χ2v) is 17.9. The molecule has 0 saturated carbocycles. The molecule has 16 nitrogen and oxygen atoms in total. The highest BCUT2D eigenvalue weighted by atomic mass is 28.4. The first-order valence-electron chi connectivity index (χ1n) is 24.7. The molecular formula is C47H102O16Si. The highest BCUT2D eigenvalue weighted by molar-refractivity contribution is 6.66. The van der Waals surface area contributed by atoms with E-state index in [4.69, 9.17) is 75.2 Å². The van der Waals surface area contributed by atoms with Gasteiger partial charge in [-0.1, -0.05) is 72.1 Å². The highest BCUT2D eigenvalue weighted by Crippen LogP contribution is 2.15. The number of unbranched alkanes of at least 4 members (excludes halogenated alkanes) is 7. The Morgan fingerprint density at radius 3 is 0.719 bits per heavy atom. The zero-order valence-electron chi connectivity index (χ0n) is 42.6. The van der Waals surface area contributed by atoms with Crippen molar-refractivity contribution in [1.82, 2.24) is 0 Å². The summed E-state index contributed by atoms with van der Waals surface area (Å²) in [7, 11) is 1.36. The molecule has 0 heterocycles. The van der Waals surface area contributed by atoms with Crippen molar-refractivity contribution >= 4 is 8.56 Å².